The number of rotatable bonds is 4. The normalized spacial score (nSPS) is 13.7. The molecule has 0 spiro atoms. The van der Waals surface area contributed by atoms with E-state index in [-0.39, 0.29) is 12.1 Å². The topological polar surface area (TPSA) is 67.2 Å². The minimum absolute atomic E-state index is 0.0844. The van der Waals surface area contributed by atoms with Gasteiger partial charge in [0.15, 0.2) is 0 Å². The summed E-state index contributed by atoms with van der Waals surface area (Å²) >= 11 is 0. The predicted molar refractivity (Wildman–Crippen MR) is 80.9 cm³/mol. The van der Waals surface area contributed by atoms with Gasteiger partial charge in [0.1, 0.15) is 17.2 Å². The Morgan fingerprint density at radius 3 is 2.57 bits per heavy atom. The van der Waals surface area contributed by atoms with Crippen molar-refractivity contribution in [1.82, 2.24) is 15.1 Å². The first-order valence-electron chi connectivity index (χ1n) is 7.10. The number of aryl methyl sites for hydroxylation is 2. The fourth-order valence-electron chi connectivity index (χ4n) is 2.46. The molecule has 1 aromatic heterocycles. The zero-order valence-corrected chi connectivity index (χ0v) is 13.4. The number of nitrogens with one attached hydrogen (secondary N) is 1. The lowest BCUT2D eigenvalue weighted by Gasteiger charge is -2.24. The molecule has 0 saturated heterocycles. The Balaban J connectivity index is 2.17. The largest absolute Gasteiger partial charge is 0.383 e. The highest BCUT2D eigenvalue weighted by atomic mass is 19.1. The van der Waals surface area contributed by atoms with E-state index in [4.69, 9.17) is 0 Å². The van der Waals surface area contributed by atoms with Gasteiger partial charge in [0, 0.05) is 24.4 Å². The fourth-order valence-corrected chi connectivity index (χ4v) is 2.46. The van der Waals surface area contributed by atoms with Crippen LogP contribution in [0.3, 0.4) is 0 Å². The third-order valence-corrected chi connectivity index (χ3v) is 3.84. The monoisotopic (exact) mass is 323 g/mol. The molecule has 0 aliphatic heterocycles. The molecule has 5 nitrogen and oxygen atoms in total. The number of nitrogens with zero attached hydrogens (tertiary/aromatic N) is 2. The van der Waals surface area contributed by atoms with Crippen LogP contribution in [0.2, 0.25) is 0 Å². The number of aliphatic hydroxyl groups is 1. The lowest BCUT2D eigenvalue weighted by atomic mass is 9.95. The van der Waals surface area contributed by atoms with E-state index in [9.17, 15) is 18.7 Å². The highest BCUT2D eigenvalue weighted by molar-refractivity contribution is 5.96. The van der Waals surface area contributed by atoms with Crippen LogP contribution in [0.15, 0.2) is 18.2 Å². The molecule has 124 valence electrons. The highest BCUT2D eigenvalue weighted by Crippen LogP contribution is 2.24. The number of hydrogen-bond acceptors (Lipinski definition) is 3. The molecule has 2 N–H and O–H groups in total. The van der Waals surface area contributed by atoms with E-state index in [1.165, 1.54) is 6.92 Å². The SMILES string of the molecule is Cc1nn(C)c(C)c1C(=O)NCC(C)(O)c1ccc(F)cc1F. The van der Waals surface area contributed by atoms with E-state index in [2.05, 4.69) is 10.4 Å². The van der Waals surface area contributed by atoms with E-state index in [1.807, 2.05) is 0 Å². The van der Waals surface area contributed by atoms with Crippen LogP contribution >= 0.6 is 0 Å². The first-order chi connectivity index (χ1) is 10.6. The summed E-state index contributed by atoms with van der Waals surface area (Å²) in [7, 11) is 1.73. The van der Waals surface area contributed by atoms with Crippen molar-refractivity contribution < 1.29 is 18.7 Å². The van der Waals surface area contributed by atoms with Gasteiger partial charge in [-0.05, 0) is 26.8 Å². The Hall–Kier alpha value is -2.28. The average Bonchev–Trinajstić information content (AvgIpc) is 2.69. The van der Waals surface area contributed by atoms with Crippen LogP contribution in [0, 0.1) is 25.5 Å². The Labute approximate surface area is 132 Å². The van der Waals surface area contributed by atoms with Gasteiger partial charge in [0.05, 0.1) is 17.8 Å². The van der Waals surface area contributed by atoms with Gasteiger partial charge in [-0.3, -0.25) is 9.48 Å². The standard InChI is InChI=1S/C16H19F2N3O2/c1-9-14(10(2)21(4)20-9)15(22)19-8-16(3,23)12-6-5-11(17)7-13(12)18/h5-7,23H,8H2,1-4H3,(H,19,22). The molecule has 1 amide bonds. The summed E-state index contributed by atoms with van der Waals surface area (Å²) in [6, 6.07) is 2.92. The molecule has 0 bridgehead atoms. The number of hydrogen-bond donors (Lipinski definition) is 2. The zero-order chi connectivity index (χ0) is 17.4. The van der Waals surface area contributed by atoms with Crippen molar-refractivity contribution in [3.05, 3.63) is 52.3 Å². The summed E-state index contributed by atoms with van der Waals surface area (Å²) in [4.78, 5) is 12.3. The molecule has 0 aliphatic rings. The van der Waals surface area contributed by atoms with Gasteiger partial charge in [-0.2, -0.15) is 5.10 Å². The maximum Gasteiger partial charge on any atom is 0.255 e. The van der Waals surface area contributed by atoms with Gasteiger partial charge < -0.3 is 10.4 Å². The van der Waals surface area contributed by atoms with Crippen molar-refractivity contribution in [3.63, 3.8) is 0 Å². The predicted octanol–water partition coefficient (Wildman–Crippen LogP) is 1.95. The fraction of sp³-hybridized carbons (Fsp3) is 0.375. The quantitative estimate of drug-likeness (QED) is 0.904. The molecular weight excluding hydrogens is 304 g/mol. The Morgan fingerprint density at radius 2 is 2.04 bits per heavy atom. The van der Waals surface area contributed by atoms with Gasteiger partial charge in [0.2, 0.25) is 0 Å². The lowest BCUT2D eigenvalue weighted by Crippen LogP contribution is -2.39. The van der Waals surface area contributed by atoms with Gasteiger partial charge >= 0.3 is 0 Å². The number of amides is 1. The average molecular weight is 323 g/mol. The van der Waals surface area contributed by atoms with Crippen molar-refractivity contribution in [1.29, 1.82) is 0 Å². The summed E-state index contributed by atoms with van der Waals surface area (Å²) in [6.07, 6.45) is 0. The summed E-state index contributed by atoms with van der Waals surface area (Å²) in [5.74, 6) is -2.00. The number of carbonyl (C=O) groups excluding carboxylic acids is 1. The second-order valence-electron chi connectivity index (χ2n) is 5.75. The third kappa shape index (κ3) is 3.39. The molecule has 0 aliphatic carbocycles. The molecule has 1 heterocycles. The molecule has 1 unspecified atom stereocenters. The van der Waals surface area contributed by atoms with Crippen LogP contribution in [0.1, 0.15) is 34.2 Å². The van der Waals surface area contributed by atoms with Crippen molar-refractivity contribution in [2.45, 2.75) is 26.4 Å². The summed E-state index contributed by atoms with van der Waals surface area (Å²) in [5.41, 5.74) is -0.0818. The van der Waals surface area contributed by atoms with Gasteiger partial charge in [-0.15, -0.1) is 0 Å². The molecule has 23 heavy (non-hydrogen) atoms. The minimum Gasteiger partial charge on any atom is -0.383 e. The van der Waals surface area contributed by atoms with Crippen molar-refractivity contribution >= 4 is 5.91 Å². The lowest BCUT2D eigenvalue weighted by molar-refractivity contribution is 0.0494. The minimum atomic E-state index is -1.67. The van der Waals surface area contributed by atoms with Crippen LogP contribution < -0.4 is 5.32 Å². The zero-order valence-electron chi connectivity index (χ0n) is 13.4. The number of benzene rings is 1. The molecule has 2 aromatic rings. The van der Waals surface area contributed by atoms with E-state index < -0.39 is 23.1 Å². The summed E-state index contributed by atoms with van der Waals surface area (Å²) in [6.45, 7) is 4.60. The van der Waals surface area contributed by atoms with Gasteiger partial charge in [0.25, 0.3) is 5.91 Å². The maximum atomic E-state index is 13.8. The molecule has 1 aromatic carbocycles. The summed E-state index contributed by atoms with van der Waals surface area (Å²) in [5, 5.41) is 17.1. The van der Waals surface area contributed by atoms with Crippen molar-refractivity contribution in [2.24, 2.45) is 7.05 Å². The van der Waals surface area contributed by atoms with E-state index in [0.29, 0.717) is 23.0 Å². The Kier molecular flexibility index (Phi) is 4.51. The Bertz CT molecular complexity index is 754. The van der Waals surface area contributed by atoms with Crippen LogP contribution in [0.25, 0.3) is 0 Å². The van der Waals surface area contributed by atoms with E-state index in [1.54, 1.807) is 25.6 Å². The Morgan fingerprint density at radius 1 is 1.39 bits per heavy atom. The van der Waals surface area contributed by atoms with Crippen molar-refractivity contribution in [2.75, 3.05) is 6.54 Å². The van der Waals surface area contributed by atoms with Gasteiger partial charge in [-0.25, -0.2) is 8.78 Å². The second-order valence-corrected chi connectivity index (χ2v) is 5.75. The molecule has 0 radical (unpaired) electrons. The third-order valence-electron chi connectivity index (χ3n) is 3.84. The van der Waals surface area contributed by atoms with Crippen molar-refractivity contribution in [3.8, 4) is 0 Å². The number of halogens is 2. The smallest absolute Gasteiger partial charge is 0.255 e. The number of carbonyl (C=O) groups is 1. The van der Waals surface area contributed by atoms with E-state index in [0.717, 1.165) is 12.1 Å². The van der Waals surface area contributed by atoms with Gasteiger partial charge in [-0.1, -0.05) is 6.07 Å². The van der Waals surface area contributed by atoms with Crippen LogP contribution in [0.4, 0.5) is 8.78 Å². The number of aromatic nitrogens is 2. The first-order valence-corrected chi connectivity index (χ1v) is 7.10. The van der Waals surface area contributed by atoms with Crippen LogP contribution in [-0.4, -0.2) is 27.3 Å². The van der Waals surface area contributed by atoms with Crippen LogP contribution in [-0.2, 0) is 12.6 Å². The maximum absolute atomic E-state index is 13.8. The molecule has 0 fully saturated rings. The second kappa shape index (κ2) is 6.08. The van der Waals surface area contributed by atoms with E-state index >= 15 is 0 Å². The highest BCUT2D eigenvalue weighted by Gasteiger charge is 2.28. The molecule has 0 saturated carbocycles. The molecule has 7 heteroatoms. The summed E-state index contributed by atoms with van der Waals surface area (Å²) < 4.78 is 28.3. The molecule has 2 rings (SSSR count). The molecular formula is C16H19F2N3O2. The first kappa shape index (κ1) is 17.1. The molecule has 1 atom stereocenters. The van der Waals surface area contributed by atoms with Crippen LogP contribution in [0.5, 0.6) is 0 Å².